The molecule has 0 spiro atoms. The second kappa shape index (κ2) is 5.77. The average molecular weight is 267 g/mol. The molecule has 3 fully saturated rings. The van der Waals surface area contributed by atoms with Crippen LogP contribution in [0.15, 0.2) is 0 Å². The normalized spacial score (nSPS) is 36.9. The molecular weight excluding hydrogens is 242 g/mol. The van der Waals surface area contributed by atoms with E-state index < -0.39 is 0 Å². The van der Waals surface area contributed by atoms with Crippen LogP contribution in [0, 0.1) is 0 Å². The smallest absolute Gasteiger partial charge is 0.253 e. The van der Waals surface area contributed by atoms with Gasteiger partial charge in [-0.1, -0.05) is 6.42 Å². The molecule has 0 aromatic carbocycles. The molecule has 3 saturated heterocycles. The number of piperidine rings is 1. The summed E-state index contributed by atoms with van der Waals surface area (Å²) in [6.07, 6.45) is 3.58. The third-order valence-electron chi connectivity index (χ3n) is 4.67. The van der Waals surface area contributed by atoms with E-state index in [0.717, 1.165) is 19.6 Å². The number of hydrogen-bond donors (Lipinski definition) is 1. The van der Waals surface area contributed by atoms with Gasteiger partial charge in [0.2, 0.25) is 0 Å². The second-order valence-electron chi connectivity index (χ2n) is 6.05. The molecule has 5 nitrogen and oxygen atoms in total. The monoisotopic (exact) mass is 267 g/mol. The number of carbonyl (C=O) groups is 1. The first-order valence-electron chi connectivity index (χ1n) is 7.62. The maximum Gasteiger partial charge on any atom is 0.253 e. The van der Waals surface area contributed by atoms with Crippen molar-refractivity contribution in [3.05, 3.63) is 0 Å². The highest BCUT2D eigenvalue weighted by Gasteiger charge is 2.38. The molecule has 3 aliphatic rings. The molecule has 3 rings (SSSR count). The third-order valence-corrected chi connectivity index (χ3v) is 4.67. The first-order chi connectivity index (χ1) is 9.25. The largest absolute Gasteiger partial charge is 0.366 e. The molecule has 0 bridgehead atoms. The minimum atomic E-state index is -0.272. The van der Waals surface area contributed by atoms with Crippen molar-refractivity contribution in [2.75, 3.05) is 39.3 Å². The Bertz CT molecular complexity index is 331. The molecule has 3 atom stereocenters. The van der Waals surface area contributed by atoms with Crippen molar-refractivity contribution in [3.8, 4) is 0 Å². The summed E-state index contributed by atoms with van der Waals surface area (Å²) in [5, 5.41) is 3.24. The van der Waals surface area contributed by atoms with Crippen molar-refractivity contribution in [2.45, 2.75) is 44.4 Å². The Balaban J connectivity index is 1.64. The number of hydrogen-bond acceptors (Lipinski definition) is 4. The molecule has 0 aromatic heterocycles. The summed E-state index contributed by atoms with van der Waals surface area (Å²) in [5.74, 6) is 0.185. The molecule has 108 valence electrons. The summed E-state index contributed by atoms with van der Waals surface area (Å²) in [4.78, 5) is 17.2. The molecule has 0 aliphatic carbocycles. The van der Waals surface area contributed by atoms with Gasteiger partial charge in [0.05, 0.1) is 6.61 Å². The van der Waals surface area contributed by atoms with Gasteiger partial charge >= 0.3 is 0 Å². The fourth-order valence-electron chi connectivity index (χ4n) is 3.57. The van der Waals surface area contributed by atoms with Gasteiger partial charge in [0.1, 0.15) is 6.10 Å². The van der Waals surface area contributed by atoms with Gasteiger partial charge in [-0.15, -0.1) is 0 Å². The zero-order valence-corrected chi connectivity index (χ0v) is 11.8. The molecule has 1 N–H and O–H groups in total. The molecule has 0 aromatic rings. The maximum atomic E-state index is 12.6. The lowest BCUT2D eigenvalue weighted by atomic mass is 9.96. The highest BCUT2D eigenvalue weighted by atomic mass is 16.5. The quantitative estimate of drug-likeness (QED) is 0.730. The number of nitrogens with zero attached hydrogens (tertiary/aromatic N) is 2. The predicted molar refractivity (Wildman–Crippen MR) is 73.0 cm³/mol. The predicted octanol–water partition coefficient (Wildman–Crippen LogP) is 0.0600. The number of rotatable bonds is 1. The van der Waals surface area contributed by atoms with E-state index in [0.29, 0.717) is 25.2 Å². The van der Waals surface area contributed by atoms with Crippen LogP contribution in [-0.2, 0) is 9.53 Å². The minimum absolute atomic E-state index is 0.185. The zero-order valence-electron chi connectivity index (χ0n) is 11.8. The second-order valence-corrected chi connectivity index (χ2v) is 6.05. The Morgan fingerprint density at radius 2 is 2.21 bits per heavy atom. The number of piperazine rings is 1. The molecule has 3 aliphatic heterocycles. The molecule has 3 heterocycles. The Morgan fingerprint density at radius 3 is 3.00 bits per heavy atom. The van der Waals surface area contributed by atoms with Crippen LogP contribution in [0.2, 0.25) is 0 Å². The number of fused-ring (bicyclic) bond motifs is 1. The summed E-state index contributed by atoms with van der Waals surface area (Å²) in [5.41, 5.74) is 0. The summed E-state index contributed by atoms with van der Waals surface area (Å²) in [7, 11) is 0. The van der Waals surface area contributed by atoms with Gasteiger partial charge < -0.3 is 15.0 Å². The summed E-state index contributed by atoms with van der Waals surface area (Å²) in [6.45, 7) is 7.45. The number of amides is 1. The van der Waals surface area contributed by atoms with Crippen molar-refractivity contribution in [1.82, 2.24) is 15.1 Å². The van der Waals surface area contributed by atoms with Crippen molar-refractivity contribution in [3.63, 3.8) is 0 Å². The molecule has 0 radical (unpaired) electrons. The Hall–Kier alpha value is -0.650. The zero-order chi connectivity index (χ0) is 13.2. The summed E-state index contributed by atoms with van der Waals surface area (Å²) >= 11 is 0. The fraction of sp³-hybridized carbons (Fsp3) is 0.929. The van der Waals surface area contributed by atoms with Gasteiger partial charge in [0.15, 0.2) is 0 Å². The lowest BCUT2D eigenvalue weighted by molar-refractivity contribution is -0.152. The van der Waals surface area contributed by atoms with Crippen LogP contribution in [0.3, 0.4) is 0 Å². The lowest BCUT2D eigenvalue weighted by Crippen LogP contribution is -2.62. The van der Waals surface area contributed by atoms with Gasteiger partial charge in [0.25, 0.3) is 5.91 Å². The van der Waals surface area contributed by atoms with Gasteiger partial charge in [-0.2, -0.15) is 0 Å². The summed E-state index contributed by atoms with van der Waals surface area (Å²) in [6, 6.07) is 0.887. The Kier molecular flexibility index (Phi) is 4.05. The van der Waals surface area contributed by atoms with Gasteiger partial charge in [-0.3, -0.25) is 9.69 Å². The molecule has 5 heteroatoms. The van der Waals surface area contributed by atoms with E-state index in [1.165, 1.54) is 25.8 Å². The first kappa shape index (κ1) is 13.3. The van der Waals surface area contributed by atoms with Crippen LogP contribution in [0.5, 0.6) is 0 Å². The van der Waals surface area contributed by atoms with Crippen LogP contribution >= 0.6 is 0 Å². The van der Waals surface area contributed by atoms with Crippen LogP contribution in [-0.4, -0.2) is 73.2 Å². The fourth-order valence-corrected chi connectivity index (χ4v) is 3.57. The maximum absolute atomic E-state index is 12.6. The van der Waals surface area contributed by atoms with Gasteiger partial charge in [0, 0.05) is 38.3 Å². The van der Waals surface area contributed by atoms with E-state index in [4.69, 9.17) is 4.74 Å². The van der Waals surface area contributed by atoms with E-state index in [9.17, 15) is 4.79 Å². The van der Waals surface area contributed by atoms with Gasteiger partial charge in [-0.25, -0.2) is 0 Å². The van der Waals surface area contributed by atoms with Crippen LogP contribution in [0.4, 0.5) is 0 Å². The highest BCUT2D eigenvalue weighted by molar-refractivity contribution is 5.81. The lowest BCUT2D eigenvalue weighted by Gasteiger charge is -2.48. The van der Waals surface area contributed by atoms with E-state index >= 15 is 0 Å². The van der Waals surface area contributed by atoms with Crippen molar-refractivity contribution in [1.29, 1.82) is 0 Å². The third kappa shape index (κ3) is 2.78. The van der Waals surface area contributed by atoms with E-state index in [1.807, 2.05) is 0 Å². The molecule has 1 amide bonds. The van der Waals surface area contributed by atoms with Crippen LogP contribution in [0.1, 0.15) is 26.2 Å². The molecular formula is C14H25N3O2. The van der Waals surface area contributed by atoms with E-state index in [2.05, 4.69) is 22.0 Å². The SMILES string of the molecule is CC1CN2CCCCC2CN1C(=O)C1CNCCO1. The first-order valence-corrected chi connectivity index (χ1v) is 7.62. The number of morpholine rings is 1. The Labute approximate surface area is 115 Å². The number of nitrogens with one attached hydrogen (secondary N) is 1. The minimum Gasteiger partial charge on any atom is -0.366 e. The molecule has 3 unspecified atom stereocenters. The topological polar surface area (TPSA) is 44.8 Å². The van der Waals surface area contributed by atoms with Crippen molar-refractivity contribution < 1.29 is 9.53 Å². The standard InChI is InChI=1S/C14H25N3O2/c1-11-9-16-6-3-2-4-12(16)10-17(11)14(18)13-8-15-5-7-19-13/h11-13,15H,2-10H2,1H3. The molecule has 0 saturated carbocycles. The van der Waals surface area contributed by atoms with Gasteiger partial charge in [-0.05, 0) is 26.3 Å². The van der Waals surface area contributed by atoms with Crippen LogP contribution < -0.4 is 5.32 Å². The highest BCUT2D eigenvalue weighted by Crippen LogP contribution is 2.24. The van der Waals surface area contributed by atoms with E-state index in [1.54, 1.807) is 0 Å². The van der Waals surface area contributed by atoms with Crippen LogP contribution in [0.25, 0.3) is 0 Å². The number of carbonyl (C=O) groups excluding carboxylic acids is 1. The van der Waals surface area contributed by atoms with Crippen molar-refractivity contribution >= 4 is 5.91 Å². The molecule has 19 heavy (non-hydrogen) atoms. The Morgan fingerprint density at radius 1 is 1.32 bits per heavy atom. The van der Waals surface area contributed by atoms with Crippen molar-refractivity contribution in [2.24, 2.45) is 0 Å². The number of ether oxygens (including phenoxy) is 1. The summed E-state index contributed by atoms with van der Waals surface area (Å²) < 4.78 is 5.61. The average Bonchev–Trinajstić information content (AvgIpc) is 2.47. The van der Waals surface area contributed by atoms with E-state index in [-0.39, 0.29) is 12.0 Å².